The number of aromatic hydroxyl groups is 1. The van der Waals surface area contributed by atoms with Crippen molar-refractivity contribution in [2.45, 2.75) is 146 Å². The zero-order valence-electron chi connectivity index (χ0n) is 43.3. The van der Waals surface area contributed by atoms with Crippen molar-refractivity contribution in [3.8, 4) is 5.75 Å². The van der Waals surface area contributed by atoms with Gasteiger partial charge in [-0.3, -0.25) is 57.5 Å². The first-order valence-corrected chi connectivity index (χ1v) is 24.3. The predicted molar refractivity (Wildman–Crippen MR) is 268 cm³/mol. The summed E-state index contributed by atoms with van der Waals surface area (Å²) in [4.78, 5) is 167. The molecule has 23 N–H and O–H groups in total. The molecule has 436 valence electrons. The van der Waals surface area contributed by atoms with Gasteiger partial charge in [0.05, 0.1) is 32.0 Å². The summed E-state index contributed by atoms with van der Waals surface area (Å²) >= 11 is 0. The number of nitrogens with two attached hydrogens (primary N) is 4. The number of carbonyl (C=O) groups is 13. The first-order chi connectivity index (χ1) is 36.4. The van der Waals surface area contributed by atoms with Crippen LogP contribution in [0.25, 0.3) is 0 Å². The van der Waals surface area contributed by atoms with Crippen molar-refractivity contribution in [2.24, 2.45) is 28.9 Å². The fourth-order valence-electron chi connectivity index (χ4n) is 6.90. The van der Waals surface area contributed by atoms with E-state index in [0.29, 0.717) is 5.56 Å². The summed E-state index contributed by atoms with van der Waals surface area (Å²) in [6, 6.07) is -11.6. The van der Waals surface area contributed by atoms with E-state index in [0.717, 1.165) is 13.8 Å². The summed E-state index contributed by atoms with van der Waals surface area (Å²) in [5.74, 6) is -15.0. The van der Waals surface area contributed by atoms with E-state index in [2.05, 4.69) is 47.9 Å². The number of rotatable bonds is 36. The topological polar surface area (TPSA) is 556 Å². The van der Waals surface area contributed by atoms with Gasteiger partial charge < -0.3 is 101 Å². The molecule has 0 radical (unpaired) electrons. The van der Waals surface area contributed by atoms with Crippen LogP contribution in [0.4, 0.5) is 0 Å². The van der Waals surface area contributed by atoms with Gasteiger partial charge in [-0.15, -0.1) is 0 Å². The van der Waals surface area contributed by atoms with Gasteiger partial charge in [0.1, 0.15) is 60.1 Å². The van der Waals surface area contributed by atoms with Crippen LogP contribution in [0.15, 0.2) is 24.3 Å². The summed E-state index contributed by atoms with van der Waals surface area (Å²) in [5, 5.41) is 79.1. The van der Waals surface area contributed by atoms with Crippen LogP contribution >= 0.6 is 0 Å². The number of benzene rings is 1. The number of aliphatic hydroxyl groups is 4. The average Bonchev–Trinajstić information content (AvgIpc) is 3.35. The van der Waals surface area contributed by atoms with E-state index >= 15 is 0 Å². The molecule has 0 aliphatic heterocycles. The van der Waals surface area contributed by atoms with Gasteiger partial charge in [-0.25, -0.2) is 4.79 Å². The van der Waals surface area contributed by atoms with E-state index in [4.69, 9.17) is 22.9 Å². The molecule has 0 aliphatic carbocycles. The Bertz CT molecular complexity index is 2290. The Labute approximate surface area is 446 Å². The number of primary amides is 3. The highest BCUT2D eigenvalue weighted by Crippen LogP contribution is 2.12. The Morgan fingerprint density at radius 2 is 0.795 bits per heavy atom. The summed E-state index contributed by atoms with van der Waals surface area (Å²) in [6.07, 6.45) is -5.19. The van der Waals surface area contributed by atoms with E-state index < -0.39 is 202 Å². The molecule has 0 saturated heterocycles. The molecule has 32 nitrogen and oxygen atoms in total. The van der Waals surface area contributed by atoms with Crippen LogP contribution in [-0.2, 0) is 68.7 Å². The van der Waals surface area contributed by atoms with Crippen molar-refractivity contribution in [3.63, 3.8) is 0 Å². The molecule has 1 rings (SSSR count). The molecule has 0 spiro atoms. The van der Waals surface area contributed by atoms with Gasteiger partial charge >= 0.3 is 5.97 Å². The largest absolute Gasteiger partial charge is 0.508 e. The first kappa shape index (κ1) is 67.9. The number of phenols is 1. The van der Waals surface area contributed by atoms with Crippen molar-refractivity contribution in [2.75, 3.05) is 19.8 Å². The lowest BCUT2D eigenvalue weighted by Crippen LogP contribution is -2.62. The standard InChI is InChI=1S/C46H73N13O19/c1-20(2)15-25(47)38(69)56-30(17-60)43(74)58-32(19-62)44(75)59-36(22(4)63)45(76)54-26(9-12-33(48)65)39(70)51-21(3)37(68)52-27(10-13-34(49)66)40(71)53-28(11-14-35(50)67)41(72)57-31(18-61)42(73)55-29(46(77)78)16-23-5-7-24(64)8-6-23/h5-8,20-22,25-32,36,60-64H,9-19,47H2,1-4H3,(H2,48,65)(H2,49,66)(H2,50,67)(H,51,70)(H,52,68)(H,53,71)(H,54,76)(H,55,73)(H,56,69)(H,57,72)(H,58,74)(H,59,75)(H,77,78)/t21-,22+,25-,26-,27-,28-,29-,30-,31-,32-,36-/m0/s1. The Morgan fingerprint density at radius 3 is 1.17 bits per heavy atom. The minimum absolute atomic E-state index is 0.00854. The number of carboxylic acid groups (broad SMARTS) is 1. The first-order valence-electron chi connectivity index (χ1n) is 24.3. The molecule has 0 unspecified atom stereocenters. The van der Waals surface area contributed by atoms with E-state index in [1.807, 2.05) is 0 Å². The van der Waals surface area contributed by atoms with Crippen molar-refractivity contribution in [1.29, 1.82) is 0 Å². The lowest BCUT2D eigenvalue weighted by atomic mass is 10.0. The molecule has 0 saturated carbocycles. The molecule has 1 aromatic rings. The molecule has 0 fully saturated rings. The van der Waals surface area contributed by atoms with E-state index in [-0.39, 0.29) is 24.5 Å². The monoisotopic (exact) mass is 1110 g/mol. The molecule has 78 heavy (non-hydrogen) atoms. The Kier molecular flexibility index (Phi) is 29.5. The van der Waals surface area contributed by atoms with Crippen LogP contribution in [0.5, 0.6) is 5.75 Å². The van der Waals surface area contributed by atoms with Crippen LogP contribution in [0, 0.1) is 5.92 Å². The zero-order valence-corrected chi connectivity index (χ0v) is 43.3. The molecule has 12 amide bonds. The smallest absolute Gasteiger partial charge is 0.326 e. The molecule has 32 heteroatoms. The van der Waals surface area contributed by atoms with Crippen LogP contribution < -0.4 is 70.8 Å². The fourth-order valence-corrected chi connectivity index (χ4v) is 6.90. The molecule has 0 aliphatic rings. The fraction of sp³-hybridized carbons (Fsp3) is 0.587. The maximum Gasteiger partial charge on any atom is 0.326 e. The quantitative estimate of drug-likeness (QED) is 0.0297. The third kappa shape index (κ3) is 24.7. The lowest BCUT2D eigenvalue weighted by molar-refractivity contribution is -0.142. The number of carboxylic acids is 1. The van der Waals surface area contributed by atoms with E-state index in [1.54, 1.807) is 13.8 Å². The summed E-state index contributed by atoms with van der Waals surface area (Å²) in [7, 11) is 0. The van der Waals surface area contributed by atoms with Crippen molar-refractivity contribution >= 4 is 76.9 Å². The van der Waals surface area contributed by atoms with Crippen LogP contribution in [0.1, 0.15) is 78.2 Å². The third-order valence-electron chi connectivity index (χ3n) is 11.3. The number of nitrogens with one attached hydrogen (secondary N) is 9. The highest BCUT2D eigenvalue weighted by atomic mass is 16.4. The van der Waals surface area contributed by atoms with Crippen LogP contribution in [-0.4, -0.2) is 194 Å². The number of aliphatic hydroxyl groups excluding tert-OH is 4. The predicted octanol–water partition coefficient (Wildman–Crippen LogP) is -9.07. The van der Waals surface area contributed by atoms with Crippen LogP contribution in [0.3, 0.4) is 0 Å². The summed E-state index contributed by atoms with van der Waals surface area (Å²) < 4.78 is 0. The summed E-state index contributed by atoms with van der Waals surface area (Å²) in [6.45, 7) is 2.50. The molecule has 11 atom stereocenters. The Hall–Kier alpha value is -8.07. The van der Waals surface area contributed by atoms with E-state index in [1.165, 1.54) is 24.3 Å². The van der Waals surface area contributed by atoms with Gasteiger partial charge in [0.2, 0.25) is 70.9 Å². The number of carbonyl (C=O) groups excluding carboxylic acids is 12. The van der Waals surface area contributed by atoms with Crippen LogP contribution in [0.2, 0.25) is 0 Å². The number of aliphatic carboxylic acids is 1. The highest BCUT2D eigenvalue weighted by molar-refractivity contribution is 5.99. The number of hydrogen-bond donors (Lipinski definition) is 19. The lowest BCUT2D eigenvalue weighted by Gasteiger charge is -2.28. The highest BCUT2D eigenvalue weighted by Gasteiger charge is 2.36. The SMILES string of the molecule is CC(C)C[C@H](N)C(=O)N[C@@H](CO)C(=O)N[C@@H](CO)C(=O)N[C@H](C(=O)N[C@@H](CCC(N)=O)C(=O)N[C@@H](C)C(=O)N[C@@H](CCC(N)=O)C(=O)N[C@@H](CCC(N)=O)C(=O)N[C@@H](CO)C(=O)N[C@@H](Cc1ccc(O)cc1)C(=O)O)[C@@H](C)O. The maximum atomic E-state index is 13.7. The maximum absolute atomic E-state index is 13.7. The molecular formula is C46H73N13O19. The van der Waals surface area contributed by atoms with Gasteiger partial charge in [0, 0.05) is 25.7 Å². The Morgan fingerprint density at radius 1 is 0.462 bits per heavy atom. The van der Waals surface area contributed by atoms with Gasteiger partial charge in [-0.05, 0) is 63.1 Å². The molecular weight excluding hydrogens is 1040 g/mol. The second-order valence-corrected chi connectivity index (χ2v) is 18.4. The normalized spacial score (nSPS) is 15.3. The molecule has 0 bridgehead atoms. The number of phenolic OH excluding ortho intramolecular Hbond substituents is 1. The van der Waals surface area contributed by atoms with Crippen molar-refractivity contribution in [3.05, 3.63) is 29.8 Å². The second-order valence-electron chi connectivity index (χ2n) is 18.4. The molecule has 0 heterocycles. The minimum Gasteiger partial charge on any atom is -0.508 e. The number of amides is 12. The van der Waals surface area contributed by atoms with Gasteiger partial charge in [-0.1, -0.05) is 26.0 Å². The second kappa shape index (κ2) is 33.9. The van der Waals surface area contributed by atoms with Gasteiger partial charge in [0.25, 0.3) is 0 Å². The third-order valence-corrected chi connectivity index (χ3v) is 11.3. The minimum atomic E-state index is -1.95. The number of hydrogen-bond acceptors (Lipinski definition) is 19. The van der Waals surface area contributed by atoms with E-state index in [9.17, 15) is 93.0 Å². The van der Waals surface area contributed by atoms with Gasteiger partial charge in [-0.2, -0.15) is 0 Å². The molecule has 0 aromatic heterocycles. The molecule has 1 aromatic carbocycles. The van der Waals surface area contributed by atoms with Crippen molar-refractivity contribution < 1.29 is 93.0 Å². The summed E-state index contributed by atoms with van der Waals surface area (Å²) in [5.41, 5.74) is 22.0. The zero-order chi connectivity index (χ0) is 59.6. The Balaban J connectivity index is 3.28. The van der Waals surface area contributed by atoms with Gasteiger partial charge in [0.15, 0.2) is 0 Å². The average molecular weight is 1110 g/mol. The van der Waals surface area contributed by atoms with Crippen molar-refractivity contribution in [1.82, 2.24) is 47.9 Å².